The second-order valence-electron chi connectivity index (χ2n) is 5.18. The highest BCUT2D eigenvalue weighted by Crippen LogP contribution is 2.26. The van der Waals surface area contributed by atoms with Crippen molar-refractivity contribution in [3.8, 4) is 5.75 Å². The average Bonchev–Trinajstić information content (AvgIpc) is 2.82. The molecule has 1 aromatic rings. The first-order valence-corrected chi connectivity index (χ1v) is 6.84. The molecular formula is C15H22N2O2. The Hall–Kier alpha value is -1.55. The molecule has 0 unspecified atom stereocenters. The third kappa shape index (κ3) is 3.96. The number of ether oxygens (including phenoxy) is 1. The van der Waals surface area contributed by atoms with E-state index in [1.807, 2.05) is 24.3 Å². The lowest BCUT2D eigenvalue weighted by molar-refractivity contribution is -0.122. The normalized spacial score (nSPS) is 22.2. The number of benzene rings is 1. The van der Waals surface area contributed by atoms with Crippen LogP contribution >= 0.6 is 0 Å². The Morgan fingerprint density at radius 2 is 2.11 bits per heavy atom. The van der Waals surface area contributed by atoms with Crippen LogP contribution < -0.4 is 15.8 Å². The van der Waals surface area contributed by atoms with Gasteiger partial charge in [0.05, 0.1) is 7.11 Å². The Bertz CT molecular complexity index is 417. The van der Waals surface area contributed by atoms with Gasteiger partial charge in [0.2, 0.25) is 5.91 Å². The van der Waals surface area contributed by atoms with Crippen molar-refractivity contribution in [2.45, 2.75) is 38.3 Å². The summed E-state index contributed by atoms with van der Waals surface area (Å²) in [6.45, 7) is 0.560. The van der Waals surface area contributed by atoms with E-state index in [0.29, 0.717) is 18.9 Å². The molecule has 0 aliphatic heterocycles. The predicted molar refractivity (Wildman–Crippen MR) is 74.8 cm³/mol. The Labute approximate surface area is 114 Å². The van der Waals surface area contributed by atoms with Gasteiger partial charge in [-0.1, -0.05) is 18.6 Å². The fourth-order valence-electron chi connectivity index (χ4n) is 2.57. The number of nitrogens with one attached hydrogen (secondary N) is 1. The van der Waals surface area contributed by atoms with Gasteiger partial charge in [0.25, 0.3) is 0 Å². The van der Waals surface area contributed by atoms with Gasteiger partial charge in [-0.25, -0.2) is 0 Å². The second kappa shape index (κ2) is 6.57. The zero-order valence-corrected chi connectivity index (χ0v) is 11.4. The molecule has 2 atom stereocenters. The van der Waals surface area contributed by atoms with Crippen molar-refractivity contribution in [3.05, 3.63) is 29.8 Å². The molecule has 4 nitrogen and oxygen atoms in total. The SMILES string of the molecule is COc1ccc(CNC(=O)C[C@@H]2CCC[C@H]2N)cc1. The van der Waals surface area contributed by atoms with E-state index in [1.165, 1.54) is 0 Å². The zero-order chi connectivity index (χ0) is 13.7. The van der Waals surface area contributed by atoms with Gasteiger partial charge in [-0.05, 0) is 36.5 Å². The Kier molecular flexibility index (Phi) is 4.80. The Balaban J connectivity index is 1.76. The van der Waals surface area contributed by atoms with Crippen LogP contribution in [0.2, 0.25) is 0 Å². The number of nitrogens with two attached hydrogens (primary N) is 1. The van der Waals surface area contributed by atoms with Crippen molar-refractivity contribution in [1.29, 1.82) is 0 Å². The van der Waals surface area contributed by atoms with Gasteiger partial charge >= 0.3 is 0 Å². The van der Waals surface area contributed by atoms with Crippen molar-refractivity contribution in [3.63, 3.8) is 0 Å². The van der Waals surface area contributed by atoms with Gasteiger partial charge in [-0.2, -0.15) is 0 Å². The van der Waals surface area contributed by atoms with Crippen LogP contribution in [0.4, 0.5) is 0 Å². The molecular weight excluding hydrogens is 240 g/mol. The molecule has 4 heteroatoms. The van der Waals surface area contributed by atoms with E-state index >= 15 is 0 Å². The minimum Gasteiger partial charge on any atom is -0.497 e. The number of carbonyl (C=O) groups is 1. The summed E-state index contributed by atoms with van der Waals surface area (Å²) in [6, 6.07) is 7.91. The number of methoxy groups -OCH3 is 1. The van der Waals surface area contributed by atoms with Gasteiger partial charge in [0.15, 0.2) is 0 Å². The second-order valence-corrected chi connectivity index (χ2v) is 5.18. The molecule has 0 radical (unpaired) electrons. The number of hydrogen-bond donors (Lipinski definition) is 2. The molecule has 3 N–H and O–H groups in total. The van der Waals surface area contributed by atoms with Crippen LogP contribution in [0.3, 0.4) is 0 Å². The predicted octanol–water partition coefficient (Wildman–Crippen LogP) is 1.83. The van der Waals surface area contributed by atoms with E-state index in [2.05, 4.69) is 5.32 Å². The molecule has 0 heterocycles. The molecule has 0 aromatic heterocycles. The van der Waals surface area contributed by atoms with Crippen LogP contribution in [0.5, 0.6) is 5.75 Å². The summed E-state index contributed by atoms with van der Waals surface area (Å²) >= 11 is 0. The molecule has 1 aliphatic rings. The summed E-state index contributed by atoms with van der Waals surface area (Å²) in [6.07, 6.45) is 3.84. The van der Waals surface area contributed by atoms with E-state index in [1.54, 1.807) is 7.11 Å². The maximum Gasteiger partial charge on any atom is 0.220 e. The molecule has 1 amide bonds. The number of hydrogen-bond acceptors (Lipinski definition) is 3. The van der Waals surface area contributed by atoms with Gasteiger partial charge in [0.1, 0.15) is 5.75 Å². The first kappa shape index (κ1) is 13.9. The lowest BCUT2D eigenvalue weighted by Crippen LogP contribution is -2.31. The maximum atomic E-state index is 11.8. The van der Waals surface area contributed by atoms with E-state index in [9.17, 15) is 4.79 Å². The summed E-state index contributed by atoms with van der Waals surface area (Å²) in [5.41, 5.74) is 7.05. The van der Waals surface area contributed by atoms with Crippen LogP contribution in [0, 0.1) is 5.92 Å². The monoisotopic (exact) mass is 262 g/mol. The van der Waals surface area contributed by atoms with E-state index in [-0.39, 0.29) is 11.9 Å². The van der Waals surface area contributed by atoms with E-state index in [0.717, 1.165) is 30.6 Å². The van der Waals surface area contributed by atoms with E-state index < -0.39 is 0 Å². The average molecular weight is 262 g/mol. The van der Waals surface area contributed by atoms with E-state index in [4.69, 9.17) is 10.5 Å². The first-order valence-electron chi connectivity index (χ1n) is 6.84. The van der Waals surface area contributed by atoms with Crippen molar-refractivity contribution < 1.29 is 9.53 Å². The summed E-state index contributed by atoms with van der Waals surface area (Å²) in [5, 5.41) is 2.95. The minimum atomic E-state index is 0.0955. The molecule has 104 valence electrons. The van der Waals surface area contributed by atoms with Crippen LogP contribution in [0.1, 0.15) is 31.2 Å². The van der Waals surface area contributed by atoms with Crippen LogP contribution in [-0.4, -0.2) is 19.1 Å². The molecule has 1 fully saturated rings. The quantitative estimate of drug-likeness (QED) is 0.851. The fraction of sp³-hybridized carbons (Fsp3) is 0.533. The first-order chi connectivity index (χ1) is 9.19. The summed E-state index contributed by atoms with van der Waals surface area (Å²) < 4.78 is 5.09. The van der Waals surface area contributed by atoms with Gasteiger partial charge in [-0.15, -0.1) is 0 Å². The largest absolute Gasteiger partial charge is 0.497 e. The molecule has 0 saturated heterocycles. The van der Waals surface area contributed by atoms with Crippen molar-refractivity contribution in [2.24, 2.45) is 11.7 Å². The van der Waals surface area contributed by atoms with Gasteiger partial charge in [-0.3, -0.25) is 4.79 Å². The van der Waals surface area contributed by atoms with Crippen LogP contribution in [0.15, 0.2) is 24.3 Å². The van der Waals surface area contributed by atoms with Crippen molar-refractivity contribution in [1.82, 2.24) is 5.32 Å². The molecule has 1 aliphatic carbocycles. The van der Waals surface area contributed by atoms with Crippen LogP contribution in [0.25, 0.3) is 0 Å². The van der Waals surface area contributed by atoms with Crippen molar-refractivity contribution >= 4 is 5.91 Å². The summed E-state index contributed by atoms with van der Waals surface area (Å²) in [4.78, 5) is 11.8. The third-order valence-electron chi connectivity index (χ3n) is 3.81. The van der Waals surface area contributed by atoms with Gasteiger partial charge < -0.3 is 15.8 Å². The highest BCUT2D eigenvalue weighted by Gasteiger charge is 2.25. The van der Waals surface area contributed by atoms with Crippen LogP contribution in [-0.2, 0) is 11.3 Å². The lowest BCUT2D eigenvalue weighted by atomic mass is 10.00. The molecule has 2 rings (SSSR count). The zero-order valence-electron chi connectivity index (χ0n) is 11.4. The minimum absolute atomic E-state index is 0.0955. The maximum absolute atomic E-state index is 11.8. The fourth-order valence-corrected chi connectivity index (χ4v) is 2.57. The standard InChI is InChI=1S/C15H22N2O2/c1-19-13-7-5-11(6-8-13)10-17-15(18)9-12-3-2-4-14(12)16/h5-8,12,14H,2-4,9-10,16H2,1H3,(H,17,18)/t12-,14+/m0/s1. The molecule has 19 heavy (non-hydrogen) atoms. The Morgan fingerprint density at radius 1 is 1.37 bits per heavy atom. The molecule has 0 spiro atoms. The Morgan fingerprint density at radius 3 is 2.68 bits per heavy atom. The number of carbonyl (C=O) groups excluding carboxylic acids is 1. The topological polar surface area (TPSA) is 64.3 Å². The third-order valence-corrected chi connectivity index (χ3v) is 3.81. The number of rotatable bonds is 5. The van der Waals surface area contributed by atoms with Gasteiger partial charge in [0, 0.05) is 19.0 Å². The molecule has 0 bridgehead atoms. The summed E-state index contributed by atoms with van der Waals surface area (Å²) in [7, 11) is 1.64. The highest BCUT2D eigenvalue weighted by atomic mass is 16.5. The lowest BCUT2D eigenvalue weighted by Gasteiger charge is -2.14. The number of amides is 1. The van der Waals surface area contributed by atoms with Crippen molar-refractivity contribution in [2.75, 3.05) is 7.11 Å². The highest BCUT2D eigenvalue weighted by molar-refractivity contribution is 5.76. The molecule has 1 aromatic carbocycles. The molecule has 1 saturated carbocycles. The smallest absolute Gasteiger partial charge is 0.220 e. The summed E-state index contributed by atoms with van der Waals surface area (Å²) in [5.74, 6) is 1.28.